The van der Waals surface area contributed by atoms with Crippen molar-refractivity contribution in [3.8, 4) is 0 Å². The maximum atomic E-state index is 11.6. The van der Waals surface area contributed by atoms with Crippen LogP contribution < -0.4 is 0 Å². The molecule has 0 amide bonds. The molecular formula is C20H28O4. The van der Waals surface area contributed by atoms with Gasteiger partial charge in [0.1, 0.15) is 0 Å². The molecule has 0 aromatic rings. The summed E-state index contributed by atoms with van der Waals surface area (Å²) in [6, 6.07) is 0. The van der Waals surface area contributed by atoms with Gasteiger partial charge in [-0.15, -0.1) is 0 Å². The van der Waals surface area contributed by atoms with Crippen LogP contribution >= 0.6 is 0 Å². The first-order valence-corrected chi connectivity index (χ1v) is 9.03. The van der Waals surface area contributed by atoms with Crippen LogP contribution in [0.2, 0.25) is 0 Å². The molecule has 3 saturated carbocycles. The van der Waals surface area contributed by atoms with Crippen molar-refractivity contribution < 1.29 is 19.1 Å². The maximum Gasteiger partial charge on any atom is 0.333 e. The van der Waals surface area contributed by atoms with Crippen LogP contribution in [0.3, 0.4) is 0 Å². The normalized spacial score (nSPS) is 36.2. The molecule has 2 bridgehead atoms. The zero-order chi connectivity index (χ0) is 17.4. The maximum absolute atomic E-state index is 11.6. The van der Waals surface area contributed by atoms with Crippen molar-refractivity contribution in [2.75, 3.05) is 13.2 Å². The molecule has 3 rings (SSSR count). The quantitative estimate of drug-likeness (QED) is 0.551. The van der Waals surface area contributed by atoms with Crippen LogP contribution in [-0.2, 0) is 19.1 Å². The molecule has 0 aromatic heterocycles. The first-order chi connectivity index (χ1) is 11.4. The molecule has 6 atom stereocenters. The average molecular weight is 332 g/mol. The third-order valence-electron chi connectivity index (χ3n) is 6.34. The lowest BCUT2D eigenvalue weighted by Crippen LogP contribution is -2.31. The van der Waals surface area contributed by atoms with Crippen LogP contribution in [0.1, 0.15) is 39.5 Å². The summed E-state index contributed by atoms with van der Waals surface area (Å²) in [5, 5.41) is 0. The largest absolute Gasteiger partial charge is 0.462 e. The number of carbonyl (C=O) groups is 2. The number of fused-ring (bicyclic) bond motifs is 5. The van der Waals surface area contributed by atoms with E-state index in [1.54, 1.807) is 13.8 Å². The molecule has 4 heteroatoms. The van der Waals surface area contributed by atoms with Crippen LogP contribution in [0.4, 0.5) is 0 Å². The van der Waals surface area contributed by atoms with E-state index in [2.05, 4.69) is 13.2 Å². The highest BCUT2D eigenvalue weighted by Crippen LogP contribution is 2.62. The van der Waals surface area contributed by atoms with Crippen molar-refractivity contribution in [3.05, 3.63) is 24.3 Å². The van der Waals surface area contributed by atoms with Crippen molar-refractivity contribution in [2.24, 2.45) is 35.5 Å². The fourth-order valence-electron chi connectivity index (χ4n) is 5.41. The first kappa shape index (κ1) is 17.2. The summed E-state index contributed by atoms with van der Waals surface area (Å²) < 4.78 is 10.8. The van der Waals surface area contributed by atoms with Crippen molar-refractivity contribution >= 4 is 11.9 Å². The van der Waals surface area contributed by atoms with Crippen LogP contribution in [0.25, 0.3) is 0 Å². The summed E-state index contributed by atoms with van der Waals surface area (Å²) in [5.41, 5.74) is 0.938. The fraction of sp³-hybridized carbons (Fsp3) is 0.700. The Balaban J connectivity index is 1.53. The van der Waals surface area contributed by atoms with E-state index in [0.29, 0.717) is 59.9 Å². The average Bonchev–Trinajstić information content (AvgIpc) is 3.21. The van der Waals surface area contributed by atoms with Crippen LogP contribution in [0, 0.1) is 35.5 Å². The van der Waals surface area contributed by atoms with Gasteiger partial charge in [0.15, 0.2) is 0 Å². The number of ether oxygens (including phenoxy) is 2. The second kappa shape index (κ2) is 6.73. The summed E-state index contributed by atoms with van der Waals surface area (Å²) >= 11 is 0. The number of esters is 2. The Morgan fingerprint density at radius 2 is 1.46 bits per heavy atom. The zero-order valence-corrected chi connectivity index (χ0v) is 14.8. The molecular weight excluding hydrogens is 304 g/mol. The van der Waals surface area contributed by atoms with E-state index in [9.17, 15) is 9.59 Å². The van der Waals surface area contributed by atoms with E-state index >= 15 is 0 Å². The van der Waals surface area contributed by atoms with E-state index < -0.39 is 0 Å². The van der Waals surface area contributed by atoms with Gasteiger partial charge in [-0.1, -0.05) is 13.2 Å². The lowest BCUT2D eigenvalue weighted by Gasteiger charge is -2.33. The third kappa shape index (κ3) is 3.15. The predicted octanol–water partition coefficient (Wildman–Crippen LogP) is 3.52. The smallest absolute Gasteiger partial charge is 0.333 e. The third-order valence-corrected chi connectivity index (χ3v) is 6.34. The molecule has 0 spiro atoms. The molecule has 0 aliphatic heterocycles. The Bertz CT molecular complexity index is 564. The van der Waals surface area contributed by atoms with Gasteiger partial charge in [0.05, 0.1) is 13.2 Å². The summed E-state index contributed by atoms with van der Waals surface area (Å²) in [7, 11) is 0. The fourth-order valence-corrected chi connectivity index (χ4v) is 5.41. The number of hydrogen-bond donors (Lipinski definition) is 0. The topological polar surface area (TPSA) is 52.6 Å². The molecule has 4 nitrogen and oxygen atoms in total. The van der Waals surface area contributed by atoms with E-state index in [-0.39, 0.29) is 11.9 Å². The van der Waals surface area contributed by atoms with Gasteiger partial charge in [0.2, 0.25) is 0 Å². The molecule has 132 valence electrons. The summed E-state index contributed by atoms with van der Waals surface area (Å²) in [4.78, 5) is 23.2. The van der Waals surface area contributed by atoms with E-state index in [1.165, 1.54) is 12.8 Å². The molecule has 5 unspecified atom stereocenters. The first-order valence-electron chi connectivity index (χ1n) is 9.03. The van der Waals surface area contributed by atoms with Gasteiger partial charge in [-0.05, 0) is 75.0 Å². The Kier molecular flexibility index (Phi) is 4.84. The molecule has 0 saturated heterocycles. The minimum atomic E-state index is -0.273. The summed E-state index contributed by atoms with van der Waals surface area (Å²) in [5.74, 6) is 3.20. The molecule has 0 aromatic carbocycles. The molecule has 3 aliphatic rings. The van der Waals surface area contributed by atoms with Gasteiger partial charge < -0.3 is 9.47 Å². The molecule has 3 aliphatic carbocycles. The molecule has 3 fully saturated rings. The number of carbonyl (C=O) groups excluding carboxylic acids is 2. The minimum absolute atomic E-state index is 0.272. The Morgan fingerprint density at radius 3 is 2.04 bits per heavy atom. The molecule has 0 radical (unpaired) electrons. The zero-order valence-electron chi connectivity index (χ0n) is 14.8. The van der Waals surface area contributed by atoms with Gasteiger partial charge in [-0.3, -0.25) is 0 Å². The van der Waals surface area contributed by atoms with Crippen LogP contribution in [-0.4, -0.2) is 25.2 Å². The monoisotopic (exact) mass is 332 g/mol. The van der Waals surface area contributed by atoms with Gasteiger partial charge in [0, 0.05) is 11.1 Å². The van der Waals surface area contributed by atoms with Gasteiger partial charge in [-0.2, -0.15) is 0 Å². The highest BCUT2D eigenvalue weighted by Gasteiger charge is 2.57. The lowest BCUT2D eigenvalue weighted by molar-refractivity contribution is -0.141. The van der Waals surface area contributed by atoms with Gasteiger partial charge in [0.25, 0.3) is 0 Å². The Morgan fingerprint density at radius 1 is 0.875 bits per heavy atom. The van der Waals surface area contributed by atoms with Crippen LogP contribution in [0.15, 0.2) is 24.3 Å². The molecule has 0 N–H and O–H groups in total. The van der Waals surface area contributed by atoms with E-state index in [0.717, 1.165) is 12.8 Å². The van der Waals surface area contributed by atoms with Crippen molar-refractivity contribution in [1.29, 1.82) is 0 Å². The lowest BCUT2D eigenvalue weighted by atomic mass is 9.73. The van der Waals surface area contributed by atoms with E-state index in [4.69, 9.17) is 9.47 Å². The number of rotatable bonds is 6. The van der Waals surface area contributed by atoms with Gasteiger partial charge >= 0.3 is 11.9 Å². The molecule has 24 heavy (non-hydrogen) atoms. The van der Waals surface area contributed by atoms with Crippen molar-refractivity contribution in [2.45, 2.75) is 39.5 Å². The number of hydrogen-bond acceptors (Lipinski definition) is 4. The Hall–Kier alpha value is -1.58. The Labute approximate surface area is 144 Å². The summed E-state index contributed by atoms with van der Waals surface area (Å²) in [6.45, 7) is 11.7. The van der Waals surface area contributed by atoms with Crippen molar-refractivity contribution in [1.82, 2.24) is 0 Å². The minimum Gasteiger partial charge on any atom is -0.462 e. The van der Waals surface area contributed by atoms with Gasteiger partial charge in [-0.25, -0.2) is 9.59 Å². The van der Waals surface area contributed by atoms with Crippen LogP contribution in [0.5, 0.6) is 0 Å². The molecule has 0 heterocycles. The predicted molar refractivity (Wildman–Crippen MR) is 91.0 cm³/mol. The van der Waals surface area contributed by atoms with E-state index in [1.807, 2.05) is 0 Å². The highest BCUT2D eigenvalue weighted by atomic mass is 16.5. The van der Waals surface area contributed by atoms with Crippen molar-refractivity contribution in [3.63, 3.8) is 0 Å². The summed E-state index contributed by atoms with van der Waals surface area (Å²) in [6.07, 6.45) is 4.74. The SMILES string of the molecule is C=C(C)C(=O)OCC1C[C@H]2CC1C1CCC(COC(=O)C(=C)C)C12. The second-order valence-electron chi connectivity index (χ2n) is 7.99. The highest BCUT2D eigenvalue weighted by molar-refractivity contribution is 5.87. The standard InChI is InChI=1S/C20H28O4/c1-11(2)19(21)23-9-13-5-6-16-17-8-14(18(13)16)7-15(17)10-24-20(22)12(3)4/h13-18H,1,3,5-10H2,2,4H3/t13?,14-,15?,16?,17?,18?/m0/s1. The second-order valence-corrected chi connectivity index (χ2v) is 7.99.